The number of hydrogen-bond acceptors (Lipinski definition) is 1. The lowest BCUT2D eigenvalue weighted by Gasteiger charge is -2.40. The first-order valence-electron chi connectivity index (χ1n) is 19.6. The van der Waals surface area contributed by atoms with Crippen LogP contribution in [0.5, 0.6) is 11.5 Å². The third-order valence-electron chi connectivity index (χ3n) is 10.7. The summed E-state index contributed by atoms with van der Waals surface area (Å²) in [7, 11) is -1.80. The summed E-state index contributed by atoms with van der Waals surface area (Å²) in [5.41, 5.74) is 5.65. The van der Waals surface area contributed by atoms with Gasteiger partial charge in [0.15, 0.2) is 0 Å². The van der Waals surface area contributed by atoms with Crippen molar-refractivity contribution in [2.75, 3.05) is 0 Å². The molecule has 7 rings (SSSR count). The van der Waals surface area contributed by atoms with Gasteiger partial charge in [0, 0.05) is 27.2 Å². The van der Waals surface area contributed by atoms with Crippen molar-refractivity contribution >= 4 is 47.7 Å². The van der Waals surface area contributed by atoms with Gasteiger partial charge in [-0.2, -0.15) is 0 Å². The summed E-state index contributed by atoms with van der Waals surface area (Å²) in [4.78, 5) is 0. The molecule has 0 bridgehead atoms. The molecule has 54 heavy (non-hydrogen) atoms. The van der Waals surface area contributed by atoms with Crippen LogP contribution in [0.25, 0.3) is 0 Å². The summed E-state index contributed by atoms with van der Waals surface area (Å²) in [5.74, 6) is 2.12. The van der Waals surface area contributed by atoms with E-state index >= 15 is 0 Å². The quantitative estimate of drug-likeness (QED) is 0.127. The molecule has 0 radical (unpaired) electrons. The highest BCUT2D eigenvalue weighted by Gasteiger charge is 2.41. The Morgan fingerprint density at radius 1 is 0.481 bits per heavy atom. The van der Waals surface area contributed by atoms with Crippen LogP contribution in [0.15, 0.2) is 146 Å². The first kappa shape index (κ1) is 38.3. The van der Waals surface area contributed by atoms with Crippen molar-refractivity contribution in [2.45, 2.75) is 86.5 Å². The van der Waals surface area contributed by atoms with Crippen LogP contribution in [-0.4, -0.2) is 0 Å². The Hall–Kier alpha value is -4.02. The molecule has 6 aromatic carbocycles. The van der Waals surface area contributed by atoms with Gasteiger partial charge in [-0.15, -0.1) is 0 Å². The van der Waals surface area contributed by atoms with Crippen molar-refractivity contribution in [2.24, 2.45) is 10.8 Å². The molecule has 0 saturated carbocycles. The summed E-state index contributed by atoms with van der Waals surface area (Å²) in [6, 6.07) is 54.4. The maximum Gasteiger partial charge on any atom is 0.140 e. The van der Waals surface area contributed by atoms with E-state index in [1.165, 1.54) is 54.1 Å². The Balaban J connectivity index is 1.52. The van der Waals surface area contributed by atoms with Gasteiger partial charge in [0.25, 0.3) is 0 Å². The number of rotatable bonds is 10. The highest BCUT2D eigenvalue weighted by atomic mass is 31.1. The minimum absolute atomic E-state index is 0.221. The Morgan fingerprint density at radius 3 is 1.35 bits per heavy atom. The first-order chi connectivity index (χ1) is 25.8. The Morgan fingerprint density at radius 2 is 0.907 bits per heavy atom. The van der Waals surface area contributed by atoms with E-state index in [-0.39, 0.29) is 16.2 Å². The van der Waals surface area contributed by atoms with E-state index in [0.717, 1.165) is 37.2 Å². The van der Waals surface area contributed by atoms with Gasteiger partial charge in [0.05, 0.1) is 0 Å². The summed E-state index contributed by atoms with van der Waals surface area (Å²) < 4.78 is 7.73. The molecule has 0 aliphatic carbocycles. The van der Waals surface area contributed by atoms with Crippen LogP contribution >= 0.6 is 15.8 Å². The predicted molar refractivity (Wildman–Crippen MR) is 238 cm³/mol. The summed E-state index contributed by atoms with van der Waals surface area (Å²) in [5, 5.41) is 7.97. The van der Waals surface area contributed by atoms with Gasteiger partial charge < -0.3 is 4.74 Å². The molecule has 1 nitrogen and oxygen atoms in total. The molecule has 1 aliphatic rings. The topological polar surface area (TPSA) is 9.23 Å². The van der Waals surface area contributed by atoms with Crippen LogP contribution in [0.3, 0.4) is 0 Å². The number of benzene rings is 6. The fourth-order valence-electron chi connectivity index (χ4n) is 7.77. The van der Waals surface area contributed by atoms with E-state index < -0.39 is 15.8 Å². The van der Waals surface area contributed by atoms with Crippen LogP contribution < -0.4 is 36.6 Å². The summed E-state index contributed by atoms with van der Waals surface area (Å²) in [6.07, 6.45) is 4.28. The first-order valence-corrected chi connectivity index (χ1v) is 22.3. The van der Waals surface area contributed by atoms with Gasteiger partial charge in [-0.25, -0.2) is 0 Å². The number of ether oxygens (including phenoxy) is 1. The zero-order valence-corrected chi connectivity index (χ0v) is 35.3. The number of fused-ring (bicyclic) bond motifs is 2. The second-order valence-corrected chi connectivity index (χ2v) is 22.2. The molecule has 0 atom stereocenters. The van der Waals surface area contributed by atoms with Gasteiger partial charge in [0.1, 0.15) is 11.5 Å². The zero-order valence-electron chi connectivity index (χ0n) is 33.5. The van der Waals surface area contributed by atoms with Gasteiger partial charge in [-0.05, 0) is 96.8 Å². The molecule has 1 aliphatic heterocycles. The van der Waals surface area contributed by atoms with E-state index in [1.807, 2.05) is 0 Å². The molecule has 0 N–H and O–H groups in total. The fraction of sp³-hybridized carbons (Fsp3) is 0.294. The van der Waals surface area contributed by atoms with E-state index in [4.69, 9.17) is 4.74 Å². The summed E-state index contributed by atoms with van der Waals surface area (Å²) >= 11 is 0. The molecule has 0 spiro atoms. The third-order valence-corrected chi connectivity index (χ3v) is 15.6. The monoisotopic (exact) mass is 746 g/mol. The lowest BCUT2D eigenvalue weighted by Crippen LogP contribution is -2.34. The maximum absolute atomic E-state index is 7.73. The highest BCUT2D eigenvalue weighted by Crippen LogP contribution is 2.54. The normalized spacial score (nSPS) is 13.7. The molecule has 0 unspecified atom stereocenters. The van der Waals surface area contributed by atoms with Gasteiger partial charge >= 0.3 is 0 Å². The van der Waals surface area contributed by atoms with Crippen molar-refractivity contribution in [3.8, 4) is 11.5 Å². The molecule has 0 saturated heterocycles. The molecule has 276 valence electrons. The van der Waals surface area contributed by atoms with Crippen LogP contribution in [-0.2, 0) is 18.3 Å². The average molecular weight is 747 g/mol. The minimum Gasteiger partial charge on any atom is -0.455 e. The molecular weight excluding hydrogens is 691 g/mol. The molecule has 0 amide bonds. The smallest absolute Gasteiger partial charge is 0.140 e. The molecule has 0 fully saturated rings. The number of aryl methyl sites for hydroxylation is 2. The van der Waals surface area contributed by atoms with Gasteiger partial charge in [-0.1, -0.05) is 189 Å². The van der Waals surface area contributed by atoms with Crippen LogP contribution in [0, 0.1) is 10.8 Å². The van der Waals surface area contributed by atoms with Crippen LogP contribution in [0.2, 0.25) is 0 Å². The Bertz CT molecular complexity index is 2100. The summed E-state index contributed by atoms with van der Waals surface area (Å²) in [6.45, 7) is 19.1. The largest absolute Gasteiger partial charge is 0.455 e. The lowest BCUT2D eigenvalue weighted by atomic mass is 9.72. The Kier molecular flexibility index (Phi) is 11.1. The molecule has 0 aromatic heterocycles. The second-order valence-electron chi connectivity index (χ2n) is 17.8. The van der Waals surface area contributed by atoms with Gasteiger partial charge in [0.2, 0.25) is 0 Å². The van der Waals surface area contributed by atoms with Crippen molar-refractivity contribution < 1.29 is 4.74 Å². The average Bonchev–Trinajstić information content (AvgIpc) is 3.15. The van der Waals surface area contributed by atoms with E-state index in [0.29, 0.717) is 0 Å². The van der Waals surface area contributed by atoms with Gasteiger partial charge in [-0.3, -0.25) is 0 Å². The van der Waals surface area contributed by atoms with Crippen LogP contribution in [0.4, 0.5) is 0 Å². The van der Waals surface area contributed by atoms with E-state index in [1.54, 1.807) is 0 Å². The van der Waals surface area contributed by atoms with Crippen LogP contribution in [0.1, 0.15) is 90.5 Å². The fourth-order valence-corrected chi connectivity index (χ4v) is 12.6. The standard InChI is InChI=1S/C51H56OP2/c1-49(2,3)33-31-37-35-43-47(45(36-37)54(41-25-17-11-18-26-41)42-27-19-12-20-28-42)52-48-44(30-29-38(32-34-50(4,5)6)46(48)51(43,7)8)53(39-21-13-9-14-22-39)40-23-15-10-16-24-40/h9-30,35-36H,31-34H2,1-8H3. The maximum atomic E-state index is 7.73. The molecule has 6 aromatic rings. The second kappa shape index (κ2) is 15.6. The SMILES string of the molecule is CC(C)(C)CCc1cc(P(c2ccccc2)c2ccccc2)c2c(c1)C(C)(C)c1c(CCC(C)(C)C)ccc(P(c3ccccc3)c3ccccc3)c1O2. The number of hydrogen-bond donors (Lipinski definition) is 0. The van der Waals surface area contributed by atoms with Crippen molar-refractivity contribution in [3.05, 3.63) is 168 Å². The van der Waals surface area contributed by atoms with E-state index in [2.05, 4.69) is 201 Å². The predicted octanol–water partition coefficient (Wildman–Crippen LogP) is 11.6. The third kappa shape index (κ3) is 8.30. The van der Waals surface area contributed by atoms with Crippen molar-refractivity contribution in [1.29, 1.82) is 0 Å². The van der Waals surface area contributed by atoms with Crippen molar-refractivity contribution in [3.63, 3.8) is 0 Å². The Labute approximate surface area is 327 Å². The minimum atomic E-state index is -0.909. The molecule has 3 heteroatoms. The van der Waals surface area contributed by atoms with Crippen molar-refractivity contribution in [1.82, 2.24) is 0 Å². The zero-order chi connectivity index (χ0) is 38.1. The highest BCUT2D eigenvalue weighted by molar-refractivity contribution is 7.80. The lowest BCUT2D eigenvalue weighted by molar-refractivity contribution is 0.373. The molecule has 1 heterocycles. The molecular formula is C51H56OP2. The van der Waals surface area contributed by atoms with E-state index in [9.17, 15) is 0 Å².